The van der Waals surface area contributed by atoms with Crippen molar-refractivity contribution in [2.24, 2.45) is 15.9 Å². The third-order valence-electron chi connectivity index (χ3n) is 7.62. The average molecular weight is 519 g/mol. The molecule has 0 radical (unpaired) electrons. The molecule has 0 rings (SSSR count). The van der Waals surface area contributed by atoms with Crippen molar-refractivity contribution in [1.29, 1.82) is 0 Å². The maximum atomic E-state index is 6.49. The average Bonchev–Trinajstić information content (AvgIpc) is 2.91. The molecule has 218 valence electrons. The van der Waals surface area contributed by atoms with Crippen LogP contribution in [0, 0.1) is 5.92 Å². The molecule has 0 N–H and O–H groups in total. The van der Waals surface area contributed by atoms with Crippen LogP contribution in [0.2, 0.25) is 0 Å². The third kappa shape index (κ3) is 21.5. The highest BCUT2D eigenvalue weighted by molar-refractivity contribution is 6.26. The van der Waals surface area contributed by atoms with Crippen molar-refractivity contribution in [3.05, 3.63) is 11.8 Å². The van der Waals surface area contributed by atoms with Gasteiger partial charge in [0.05, 0.1) is 6.21 Å². The molecule has 0 fully saturated rings. The maximum Gasteiger partial charge on any atom is 0.227 e. The minimum Gasteiger partial charge on any atom is -0.474 e. The van der Waals surface area contributed by atoms with Crippen LogP contribution >= 0.6 is 0 Å². The highest BCUT2D eigenvalue weighted by Crippen LogP contribution is 2.26. The smallest absolute Gasteiger partial charge is 0.227 e. The van der Waals surface area contributed by atoms with Crippen molar-refractivity contribution < 1.29 is 4.74 Å². The van der Waals surface area contributed by atoms with Crippen molar-refractivity contribution >= 4 is 12.1 Å². The molecule has 0 atom stereocenters. The number of hydrogen-bond donors (Lipinski definition) is 0. The van der Waals surface area contributed by atoms with E-state index < -0.39 is 0 Å². The van der Waals surface area contributed by atoms with Crippen LogP contribution in [0.5, 0.6) is 0 Å². The minimum absolute atomic E-state index is 0.265. The largest absolute Gasteiger partial charge is 0.474 e. The molecule has 0 heterocycles. The molecule has 0 saturated carbocycles. The molecule has 0 aliphatic carbocycles. The van der Waals surface area contributed by atoms with Crippen LogP contribution in [-0.4, -0.2) is 25.3 Å². The second kappa shape index (κ2) is 27.9. The van der Waals surface area contributed by atoms with E-state index in [0.717, 1.165) is 12.8 Å². The van der Waals surface area contributed by atoms with Crippen LogP contribution in [0.3, 0.4) is 0 Å². The van der Waals surface area contributed by atoms with E-state index >= 15 is 0 Å². The third-order valence-corrected chi connectivity index (χ3v) is 7.62. The Balaban J connectivity index is 5.11. The lowest BCUT2D eigenvalue weighted by Crippen LogP contribution is -2.20. The van der Waals surface area contributed by atoms with Gasteiger partial charge in [-0.25, -0.2) is 0 Å². The predicted octanol–water partition coefficient (Wildman–Crippen LogP) is 11.7. The van der Waals surface area contributed by atoms with E-state index in [-0.39, 0.29) is 6.10 Å². The minimum atomic E-state index is 0.265. The Labute approximate surface area is 233 Å². The standard InChI is InChI=1S/C34H66N2O/c1-7-12-16-20-24-28-32(29-25-21-17-13-8-2)37-34(35-6)30-36-33(11-5)31(26-22-18-14-9-3)27-23-19-15-10-4/h11,30-32H,7-10,12-29H2,1-6H3/b33-11-,35-34?,36-30?. The number of aliphatic imine (C=N–C) groups is 2. The molecule has 37 heavy (non-hydrogen) atoms. The maximum absolute atomic E-state index is 6.49. The number of unbranched alkanes of at least 4 members (excludes halogenated alkanes) is 14. The fourth-order valence-corrected chi connectivity index (χ4v) is 5.15. The van der Waals surface area contributed by atoms with Gasteiger partial charge < -0.3 is 4.74 Å². The van der Waals surface area contributed by atoms with Gasteiger partial charge in [-0.15, -0.1) is 0 Å². The van der Waals surface area contributed by atoms with Crippen LogP contribution in [0.15, 0.2) is 21.8 Å². The predicted molar refractivity (Wildman–Crippen MR) is 168 cm³/mol. The van der Waals surface area contributed by atoms with Crippen molar-refractivity contribution in [2.75, 3.05) is 7.05 Å². The van der Waals surface area contributed by atoms with Gasteiger partial charge in [-0.05, 0) is 45.4 Å². The van der Waals surface area contributed by atoms with Gasteiger partial charge >= 0.3 is 0 Å². The Morgan fingerprint density at radius 3 is 1.41 bits per heavy atom. The fraction of sp³-hybridized carbons (Fsp3) is 0.882. The lowest BCUT2D eigenvalue weighted by molar-refractivity contribution is 0.164. The normalized spacial score (nSPS) is 13.0. The number of nitrogens with zero attached hydrogens (tertiary/aromatic N) is 2. The van der Waals surface area contributed by atoms with Crippen molar-refractivity contribution in [3.8, 4) is 0 Å². The zero-order chi connectivity index (χ0) is 27.4. The van der Waals surface area contributed by atoms with Gasteiger partial charge in [0, 0.05) is 18.7 Å². The molecule has 0 spiro atoms. The van der Waals surface area contributed by atoms with E-state index in [1.807, 2.05) is 13.3 Å². The molecule has 3 heteroatoms. The Morgan fingerprint density at radius 2 is 1.00 bits per heavy atom. The Morgan fingerprint density at radius 1 is 0.595 bits per heavy atom. The van der Waals surface area contributed by atoms with Crippen LogP contribution in [-0.2, 0) is 4.74 Å². The lowest BCUT2D eigenvalue weighted by atomic mass is 9.91. The van der Waals surface area contributed by atoms with E-state index in [0.29, 0.717) is 11.8 Å². The molecule has 0 aliphatic rings. The number of ether oxygens (including phenoxy) is 1. The van der Waals surface area contributed by atoms with E-state index in [4.69, 9.17) is 9.73 Å². The van der Waals surface area contributed by atoms with Crippen molar-refractivity contribution in [2.45, 2.75) is 182 Å². The van der Waals surface area contributed by atoms with Crippen LogP contribution in [0.4, 0.5) is 0 Å². The first kappa shape index (κ1) is 35.9. The highest BCUT2D eigenvalue weighted by atomic mass is 16.5. The van der Waals surface area contributed by atoms with E-state index in [2.05, 4.69) is 45.7 Å². The summed E-state index contributed by atoms with van der Waals surface area (Å²) >= 11 is 0. The van der Waals surface area contributed by atoms with E-state index in [9.17, 15) is 0 Å². The Kier molecular flexibility index (Phi) is 27.1. The van der Waals surface area contributed by atoms with E-state index in [1.54, 1.807) is 0 Å². The second-order valence-electron chi connectivity index (χ2n) is 11.1. The molecule has 0 aromatic rings. The number of rotatable bonds is 26. The van der Waals surface area contributed by atoms with Gasteiger partial charge in [0.1, 0.15) is 6.10 Å². The highest BCUT2D eigenvalue weighted by Gasteiger charge is 2.15. The summed E-state index contributed by atoms with van der Waals surface area (Å²) in [6.45, 7) is 11.3. The summed E-state index contributed by atoms with van der Waals surface area (Å²) in [5, 5.41) is 0. The first-order valence-electron chi connectivity index (χ1n) is 16.5. The summed E-state index contributed by atoms with van der Waals surface area (Å²) in [6, 6.07) is 0. The van der Waals surface area contributed by atoms with Gasteiger partial charge in [0.15, 0.2) is 0 Å². The molecule has 3 nitrogen and oxygen atoms in total. The first-order valence-corrected chi connectivity index (χ1v) is 16.5. The fourth-order valence-electron chi connectivity index (χ4n) is 5.15. The Bertz CT molecular complexity index is 540. The van der Waals surface area contributed by atoms with Crippen molar-refractivity contribution in [3.63, 3.8) is 0 Å². The molecule has 0 aliphatic heterocycles. The second-order valence-corrected chi connectivity index (χ2v) is 11.1. The van der Waals surface area contributed by atoms with Gasteiger partial charge in [-0.3, -0.25) is 9.98 Å². The summed E-state index contributed by atoms with van der Waals surface area (Å²) in [6.07, 6.45) is 32.9. The molecule has 0 unspecified atom stereocenters. The Hall–Kier alpha value is -1.12. The zero-order valence-electron chi connectivity index (χ0n) is 26.2. The molecule has 0 aromatic carbocycles. The van der Waals surface area contributed by atoms with Crippen molar-refractivity contribution in [1.82, 2.24) is 0 Å². The van der Waals surface area contributed by atoms with Crippen LogP contribution in [0.1, 0.15) is 176 Å². The summed E-state index contributed by atoms with van der Waals surface area (Å²) in [4.78, 5) is 9.49. The summed E-state index contributed by atoms with van der Waals surface area (Å²) in [7, 11) is 1.85. The SMILES string of the molecule is C/C=C(\N=CC(=NC)OC(CCCCCCC)CCCCCCC)C(CCCCCC)CCCCCC. The quantitative estimate of drug-likeness (QED) is 0.0636. The molecule has 0 aromatic heterocycles. The number of hydrogen-bond acceptors (Lipinski definition) is 3. The van der Waals surface area contributed by atoms with Crippen LogP contribution in [0.25, 0.3) is 0 Å². The monoisotopic (exact) mass is 519 g/mol. The molecule has 0 saturated heterocycles. The summed E-state index contributed by atoms with van der Waals surface area (Å²) < 4.78 is 6.49. The molecule has 0 bridgehead atoms. The van der Waals surface area contributed by atoms with Gasteiger partial charge in [0.2, 0.25) is 5.90 Å². The zero-order valence-corrected chi connectivity index (χ0v) is 26.2. The van der Waals surface area contributed by atoms with Crippen LogP contribution < -0.4 is 0 Å². The first-order chi connectivity index (χ1) is 18.2. The summed E-state index contributed by atoms with van der Waals surface area (Å²) in [5.74, 6) is 1.27. The van der Waals surface area contributed by atoms with E-state index in [1.165, 1.54) is 134 Å². The lowest BCUT2D eigenvalue weighted by Gasteiger charge is -2.20. The molecular weight excluding hydrogens is 452 g/mol. The van der Waals surface area contributed by atoms with Gasteiger partial charge in [-0.1, -0.05) is 137 Å². The molecular formula is C34H66N2O. The number of allylic oxidation sites excluding steroid dienone is 2. The van der Waals surface area contributed by atoms with Gasteiger partial charge in [0.25, 0.3) is 0 Å². The topological polar surface area (TPSA) is 34.0 Å². The van der Waals surface area contributed by atoms with Gasteiger partial charge in [-0.2, -0.15) is 0 Å². The molecule has 0 amide bonds. The summed E-state index contributed by atoms with van der Waals surface area (Å²) in [5.41, 5.74) is 1.23.